The Morgan fingerprint density at radius 3 is 2.15 bits per heavy atom. The van der Waals surface area contributed by atoms with E-state index in [0.29, 0.717) is 6.61 Å². The van der Waals surface area contributed by atoms with Gasteiger partial charge in [0.15, 0.2) is 0 Å². The number of rotatable bonds is 9. The average molecular weight is 288 g/mol. The van der Waals surface area contributed by atoms with Crippen LogP contribution in [0.3, 0.4) is 0 Å². The van der Waals surface area contributed by atoms with Gasteiger partial charge in [0.25, 0.3) is 0 Å². The van der Waals surface area contributed by atoms with Crippen molar-refractivity contribution in [2.75, 3.05) is 6.61 Å². The fourth-order valence-corrected chi connectivity index (χ4v) is 2.07. The topological polar surface area (TPSA) is 9.23 Å². The zero-order valence-corrected chi connectivity index (χ0v) is 12.0. The van der Waals surface area contributed by atoms with Crippen LogP contribution in [0.25, 0.3) is 0 Å². The van der Waals surface area contributed by atoms with Crippen LogP contribution >= 0.6 is 0 Å². The summed E-state index contributed by atoms with van der Waals surface area (Å²) in [5.41, 5.74) is -0.692. The molecule has 1 nitrogen and oxygen atoms in total. The second-order valence-corrected chi connectivity index (χ2v) is 4.96. The lowest BCUT2D eigenvalue weighted by molar-refractivity contribution is -0.138. The summed E-state index contributed by atoms with van der Waals surface area (Å²) in [6.07, 6.45) is 3.52. The van der Waals surface area contributed by atoms with Crippen LogP contribution in [0, 0.1) is 0 Å². The van der Waals surface area contributed by atoms with Gasteiger partial charge in [-0.05, 0) is 18.6 Å². The molecule has 0 radical (unpaired) electrons. The molecular formula is C16H23F3O. The number of benzene rings is 1. The molecule has 0 aliphatic heterocycles. The summed E-state index contributed by atoms with van der Waals surface area (Å²) in [5, 5.41) is 0. The van der Waals surface area contributed by atoms with E-state index in [1.165, 1.54) is 37.8 Å². The van der Waals surface area contributed by atoms with Gasteiger partial charge in [-0.15, -0.1) is 0 Å². The zero-order valence-electron chi connectivity index (χ0n) is 12.0. The van der Waals surface area contributed by atoms with Gasteiger partial charge in [-0.1, -0.05) is 57.6 Å². The SMILES string of the molecule is CCCCCCCCCOc1ccccc1C(F)(F)F. The number of halogens is 3. The third-order valence-corrected chi connectivity index (χ3v) is 3.20. The van der Waals surface area contributed by atoms with Crippen molar-refractivity contribution < 1.29 is 17.9 Å². The summed E-state index contributed by atoms with van der Waals surface area (Å²) in [6.45, 7) is 2.52. The number of unbranched alkanes of at least 4 members (excludes halogenated alkanes) is 6. The number of hydrogen-bond donors (Lipinski definition) is 0. The molecule has 0 bridgehead atoms. The molecule has 0 aliphatic carbocycles. The molecule has 0 spiro atoms. The van der Waals surface area contributed by atoms with Crippen molar-refractivity contribution in [2.45, 2.75) is 58.0 Å². The highest BCUT2D eigenvalue weighted by molar-refractivity contribution is 5.35. The number of alkyl halides is 3. The van der Waals surface area contributed by atoms with E-state index in [0.717, 1.165) is 25.3 Å². The summed E-state index contributed by atoms with van der Waals surface area (Å²) >= 11 is 0. The zero-order chi connectivity index (χ0) is 14.8. The average Bonchev–Trinajstić information content (AvgIpc) is 2.41. The quantitative estimate of drug-likeness (QED) is 0.519. The highest BCUT2D eigenvalue weighted by atomic mass is 19.4. The van der Waals surface area contributed by atoms with Crippen LogP contribution in [0.5, 0.6) is 5.75 Å². The van der Waals surface area contributed by atoms with Crippen LogP contribution < -0.4 is 4.74 Å². The van der Waals surface area contributed by atoms with Crippen LogP contribution in [0.2, 0.25) is 0 Å². The molecule has 0 aliphatic rings. The predicted octanol–water partition coefficient (Wildman–Crippen LogP) is 5.83. The van der Waals surface area contributed by atoms with Crippen molar-refractivity contribution in [1.82, 2.24) is 0 Å². The number of ether oxygens (including phenoxy) is 1. The highest BCUT2D eigenvalue weighted by Crippen LogP contribution is 2.35. The molecule has 0 aromatic heterocycles. The normalized spacial score (nSPS) is 11.6. The molecule has 4 heteroatoms. The molecule has 0 heterocycles. The van der Waals surface area contributed by atoms with Gasteiger partial charge in [-0.25, -0.2) is 0 Å². The van der Waals surface area contributed by atoms with Crippen molar-refractivity contribution in [3.05, 3.63) is 29.8 Å². The van der Waals surface area contributed by atoms with Crippen molar-refractivity contribution >= 4 is 0 Å². The first kappa shape index (κ1) is 16.9. The van der Waals surface area contributed by atoms with Gasteiger partial charge in [-0.2, -0.15) is 13.2 Å². The van der Waals surface area contributed by atoms with E-state index >= 15 is 0 Å². The maximum absolute atomic E-state index is 12.7. The lowest BCUT2D eigenvalue weighted by Gasteiger charge is -2.13. The Balaban J connectivity index is 2.26. The molecule has 20 heavy (non-hydrogen) atoms. The van der Waals surface area contributed by atoms with Gasteiger partial charge in [0.2, 0.25) is 0 Å². The second-order valence-electron chi connectivity index (χ2n) is 4.96. The summed E-state index contributed by atoms with van der Waals surface area (Å²) in [6, 6.07) is 5.38. The third kappa shape index (κ3) is 6.31. The summed E-state index contributed by atoms with van der Waals surface area (Å²) in [4.78, 5) is 0. The minimum atomic E-state index is -4.35. The van der Waals surface area contributed by atoms with Crippen molar-refractivity contribution in [2.24, 2.45) is 0 Å². The van der Waals surface area contributed by atoms with Gasteiger partial charge in [0.1, 0.15) is 5.75 Å². The van der Waals surface area contributed by atoms with Crippen LogP contribution in [-0.4, -0.2) is 6.61 Å². The van der Waals surface area contributed by atoms with E-state index in [-0.39, 0.29) is 5.75 Å². The third-order valence-electron chi connectivity index (χ3n) is 3.20. The van der Waals surface area contributed by atoms with Crippen LogP contribution in [-0.2, 0) is 6.18 Å². The molecule has 0 atom stereocenters. The largest absolute Gasteiger partial charge is 0.493 e. The predicted molar refractivity (Wildman–Crippen MR) is 74.9 cm³/mol. The Hall–Kier alpha value is -1.19. The lowest BCUT2D eigenvalue weighted by Crippen LogP contribution is -2.09. The van der Waals surface area contributed by atoms with Gasteiger partial charge in [-0.3, -0.25) is 0 Å². The first-order chi connectivity index (χ1) is 9.55. The molecule has 0 N–H and O–H groups in total. The standard InChI is InChI=1S/C16H23F3O/c1-2-3-4-5-6-7-10-13-20-15-12-9-8-11-14(15)16(17,18)19/h8-9,11-12H,2-7,10,13H2,1H3. The summed E-state index contributed by atoms with van der Waals surface area (Å²) < 4.78 is 43.4. The molecule has 1 aromatic rings. The lowest BCUT2D eigenvalue weighted by atomic mass is 10.1. The molecule has 0 saturated carbocycles. The second kappa shape index (κ2) is 8.88. The molecule has 1 aromatic carbocycles. The van der Waals surface area contributed by atoms with Crippen LogP contribution in [0.1, 0.15) is 57.4 Å². The number of para-hydroxylation sites is 1. The molecule has 0 unspecified atom stereocenters. The smallest absolute Gasteiger partial charge is 0.419 e. The Kier molecular flexibility index (Phi) is 7.48. The first-order valence-corrected chi connectivity index (χ1v) is 7.34. The minimum absolute atomic E-state index is 0.0639. The molecule has 114 valence electrons. The van der Waals surface area contributed by atoms with Crippen molar-refractivity contribution in [3.8, 4) is 5.75 Å². The van der Waals surface area contributed by atoms with Gasteiger partial charge in [0, 0.05) is 0 Å². The Labute approximate surface area is 119 Å². The van der Waals surface area contributed by atoms with Crippen LogP contribution in [0.4, 0.5) is 13.2 Å². The van der Waals surface area contributed by atoms with E-state index in [4.69, 9.17) is 4.74 Å². The van der Waals surface area contributed by atoms with E-state index in [2.05, 4.69) is 6.92 Å². The fraction of sp³-hybridized carbons (Fsp3) is 0.625. The first-order valence-electron chi connectivity index (χ1n) is 7.34. The fourth-order valence-electron chi connectivity index (χ4n) is 2.07. The maximum Gasteiger partial charge on any atom is 0.419 e. The monoisotopic (exact) mass is 288 g/mol. The van der Waals surface area contributed by atoms with Gasteiger partial charge in [0.05, 0.1) is 12.2 Å². The van der Waals surface area contributed by atoms with Crippen molar-refractivity contribution in [3.63, 3.8) is 0 Å². The molecule has 0 fully saturated rings. The summed E-state index contributed by atoms with van der Waals surface area (Å²) in [7, 11) is 0. The molecule has 0 amide bonds. The summed E-state index contributed by atoms with van der Waals surface area (Å²) in [5.74, 6) is -0.0639. The van der Waals surface area contributed by atoms with Gasteiger partial charge >= 0.3 is 6.18 Å². The minimum Gasteiger partial charge on any atom is -0.493 e. The van der Waals surface area contributed by atoms with E-state index in [1.54, 1.807) is 6.07 Å². The molecule has 1 rings (SSSR count). The van der Waals surface area contributed by atoms with E-state index < -0.39 is 11.7 Å². The number of hydrogen-bond acceptors (Lipinski definition) is 1. The Morgan fingerprint density at radius 2 is 1.50 bits per heavy atom. The van der Waals surface area contributed by atoms with Crippen LogP contribution in [0.15, 0.2) is 24.3 Å². The molecular weight excluding hydrogens is 265 g/mol. The van der Waals surface area contributed by atoms with Gasteiger partial charge < -0.3 is 4.74 Å². The Bertz CT molecular complexity index is 374. The van der Waals surface area contributed by atoms with E-state index in [9.17, 15) is 13.2 Å². The van der Waals surface area contributed by atoms with Crippen molar-refractivity contribution in [1.29, 1.82) is 0 Å². The molecule has 0 saturated heterocycles. The van der Waals surface area contributed by atoms with E-state index in [1.807, 2.05) is 0 Å². The Morgan fingerprint density at radius 1 is 0.900 bits per heavy atom. The highest BCUT2D eigenvalue weighted by Gasteiger charge is 2.33. The maximum atomic E-state index is 12.7.